The summed E-state index contributed by atoms with van der Waals surface area (Å²) >= 11 is 0. The minimum absolute atomic E-state index is 0.142. The van der Waals surface area contributed by atoms with E-state index in [1.807, 2.05) is 72.8 Å². The number of ether oxygens (including phenoxy) is 3. The predicted molar refractivity (Wildman–Crippen MR) is 123 cm³/mol. The first kappa shape index (κ1) is 21.8. The van der Waals surface area contributed by atoms with Gasteiger partial charge >= 0.3 is 0 Å². The third-order valence-electron chi connectivity index (χ3n) is 4.16. The van der Waals surface area contributed by atoms with Gasteiger partial charge in [-0.15, -0.1) is 0 Å². The van der Waals surface area contributed by atoms with E-state index in [4.69, 9.17) is 14.2 Å². The fourth-order valence-electron chi connectivity index (χ4n) is 2.71. The molecule has 0 aromatic heterocycles. The highest BCUT2D eigenvalue weighted by Crippen LogP contribution is 2.18. The van der Waals surface area contributed by atoms with Crippen molar-refractivity contribution in [3.05, 3.63) is 91.5 Å². The Morgan fingerprint density at radius 2 is 1.45 bits per heavy atom. The predicted octanol–water partition coefficient (Wildman–Crippen LogP) is 4.76. The van der Waals surface area contributed by atoms with Crippen LogP contribution in [-0.4, -0.2) is 32.3 Å². The second-order valence-electron chi connectivity index (χ2n) is 6.56. The van der Waals surface area contributed by atoms with Crippen molar-refractivity contribution in [2.24, 2.45) is 0 Å². The van der Waals surface area contributed by atoms with E-state index in [-0.39, 0.29) is 12.5 Å². The maximum Gasteiger partial charge on any atom is 0.243 e. The third-order valence-corrected chi connectivity index (χ3v) is 4.16. The molecule has 3 aromatic carbocycles. The van der Waals surface area contributed by atoms with Crippen LogP contribution in [-0.2, 0) is 4.79 Å². The van der Waals surface area contributed by atoms with Crippen LogP contribution in [0, 0.1) is 0 Å². The van der Waals surface area contributed by atoms with Crippen molar-refractivity contribution < 1.29 is 19.0 Å². The van der Waals surface area contributed by atoms with Crippen LogP contribution >= 0.6 is 0 Å². The van der Waals surface area contributed by atoms with Gasteiger partial charge in [-0.2, -0.15) is 0 Å². The standard InChI is InChI=1S/C25H26N2O4/c1-2-15-29-23-13-11-20(12-14-23)26-19-25(28)27-21-7-6-10-24(18-21)31-17-16-30-22-8-4-3-5-9-22/h2-14,18,26H,1,15-17,19H2,(H,27,28). The number of amides is 1. The van der Waals surface area contributed by atoms with E-state index in [2.05, 4.69) is 17.2 Å². The Morgan fingerprint density at radius 1 is 0.774 bits per heavy atom. The van der Waals surface area contributed by atoms with E-state index in [0.29, 0.717) is 31.3 Å². The first-order chi connectivity index (χ1) is 15.2. The molecule has 31 heavy (non-hydrogen) atoms. The van der Waals surface area contributed by atoms with Crippen LogP contribution < -0.4 is 24.8 Å². The van der Waals surface area contributed by atoms with Gasteiger partial charge in [0.25, 0.3) is 0 Å². The van der Waals surface area contributed by atoms with Gasteiger partial charge in [-0.05, 0) is 48.5 Å². The molecule has 3 aromatic rings. The highest BCUT2D eigenvalue weighted by molar-refractivity contribution is 5.93. The fourth-order valence-corrected chi connectivity index (χ4v) is 2.71. The van der Waals surface area contributed by atoms with E-state index < -0.39 is 0 Å². The van der Waals surface area contributed by atoms with Crippen molar-refractivity contribution in [1.82, 2.24) is 0 Å². The van der Waals surface area contributed by atoms with Crippen LogP contribution in [0.2, 0.25) is 0 Å². The quantitative estimate of drug-likeness (QED) is 0.328. The molecule has 1 amide bonds. The van der Waals surface area contributed by atoms with Crippen molar-refractivity contribution in [3.63, 3.8) is 0 Å². The molecule has 6 nitrogen and oxygen atoms in total. The molecule has 0 aliphatic carbocycles. The van der Waals surface area contributed by atoms with Crippen molar-refractivity contribution in [1.29, 1.82) is 0 Å². The maximum atomic E-state index is 12.3. The molecule has 0 atom stereocenters. The molecule has 6 heteroatoms. The molecule has 3 rings (SSSR count). The molecular formula is C25H26N2O4. The molecule has 0 fully saturated rings. The summed E-state index contributed by atoms with van der Waals surface area (Å²) in [5.41, 5.74) is 1.50. The molecule has 0 radical (unpaired) electrons. The highest BCUT2D eigenvalue weighted by atomic mass is 16.5. The Labute approximate surface area is 182 Å². The Bertz CT molecular complexity index is 959. The number of benzene rings is 3. The topological polar surface area (TPSA) is 68.8 Å². The summed E-state index contributed by atoms with van der Waals surface area (Å²) in [6, 6.07) is 24.2. The summed E-state index contributed by atoms with van der Waals surface area (Å²) in [7, 11) is 0. The molecule has 0 bridgehead atoms. The molecule has 0 saturated heterocycles. The minimum atomic E-state index is -0.156. The summed E-state index contributed by atoms with van der Waals surface area (Å²) in [6.07, 6.45) is 1.69. The summed E-state index contributed by atoms with van der Waals surface area (Å²) in [4.78, 5) is 12.3. The van der Waals surface area contributed by atoms with Crippen LogP contribution in [0.3, 0.4) is 0 Å². The van der Waals surface area contributed by atoms with Gasteiger partial charge in [0.2, 0.25) is 5.91 Å². The highest BCUT2D eigenvalue weighted by Gasteiger charge is 2.04. The Balaban J connectivity index is 1.40. The van der Waals surface area contributed by atoms with E-state index in [1.165, 1.54) is 0 Å². The average Bonchev–Trinajstić information content (AvgIpc) is 2.81. The van der Waals surface area contributed by atoms with Gasteiger partial charge in [0.1, 0.15) is 37.1 Å². The number of para-hydroxylation sites is 1. The van der Waals surface area contributed by atoms with Crippen molar-refractivity contribution in [2.45, 2.75) is 0 Å². The maximum absolute atomic E-state index is 12.3. The first-order valence-corrected chi connectivity index (χ1v) is 10.0. The number of nitrogens with one attached hydrogen (secondary N) is 2. The lowest BCUT2D eigenvalue weighted by molar-refractivity contribution is -0.114. The Hall–Kier alpha value is -3.93. The zero-order valence-electron chi connectivity index (χ0n) is 17.3. The van der Waals surface area contributed by atoms with Crippen LogP contribution in [0.1, 0.15) is 0 Å². The lowest BCUT2D eigenvalue weighted by Crippen LogP contribution is -2.21. The summed E-state index contributed by atoms with van der Waals surface area (Å²) < 4.78 is 16.8. The second kappa shape index (κ2) is 11.9. The largest absolute Gasteiger partial charge is 0.490 e. The number of carbonyl (C=O) groups is 1. The second-order valence-corrected chi connectivity index (χ2v) is 6.56. The van der Waals surface area contributed by atoms with Crippen LogP contribution in [0.4, 0.5) is 11.4 Å². The van der Waals surface area contributed by atoms with Crippen molar-refractivity contribution >= 4 is 17.3 Å². The third kappa shape index (κ3) is 7.78. The van der Waals surface area contributed by atoms with Crippen LogP contribution in [0.5, 0.6) is 17.2 Å². The number of hydrogen-bond donors (Lipinski definition) is 2. The number of anilines is 2. The molecule has 0 unspecified atom stereocenters. The molecule has 0 spiro atoms. The number of hydrogen-bond acceptors (Lipinski definition) is 5. The minimum Gasteiger partial charge on any atom is -0.490 e. The molecule has 160 valence electrons. The zero-order chi connectivity index (χ0) is 21.7. The van der Waals surface area contributed by atoms with Gasteiger partial charge < -0.3 is 24.8 Å². The van der Waals surface area contributed by atoms with Gasteiger partial charge in [0, 0.05) is 17.4 Å². The Morgan fingerprint density at radius 3 is 2.19 bits per heavy atom. The monoisotopic (exact) mass is 418 g/mol. The molecular weight excluding hydrogens is 392 g/mol. The first-order valence-electron chi connectivity index (χ1n) is 10.0. The van der Waals surface area contributed by atoms with E-state index >= 15 is 0 Å². The summed E-state index contributed by atoms with van der Waals surface area (Å²) in [5, 5.41) is 5.94. The lowest BCUT2D eigenvalue weighted by atomic mass is 10.3. The van der Waals surface area contributed by atoms with Gasteiger partial charge in [0.15, 0.2) is 0 Å². The average molecular weight is 418 g/mol. The van der Waals surface area contributed by atoms with Gasteiger partial charge in [-0.1, -0.05) is 36.9 Å². The molecule has 0 aliphatic rings. The summed E-state index contributed by atoms with van der Waals surface area (Å²) in [6.45, 7) is 5.05. The van der Waals surface area contributed by atoms with Crippen molar-refractivity contribution in [2.75, 3.05) is 37.0 Å². The fraction of sp³-hybridized carbons (Fsp3) is 0.160. The van der Waals surface area contributed by atoms with Gasteiger partial charge in [-0.3, -0.25) is 4.79 Å². The molecule has 2 N–H and O–H groups in total. The Kier molecular flexibility index (Phi) is 8.37. The van der Waals surface area contributed by atoms with Crippen LogP contribution in [0.15, 0.2) is 91.5 Å². The van der Waals surface area contributed by atoms with E-state index in [1.54, 1.807) is 12.1 Å². The number of carbonyl (C=O) groups excluding carboxylic acids is 1. The summed E-state index contributed by atoms with van der Waals surface area (Å²) in [5.74, 6) is 2.06. The lowest BCUT2D eigenvalue weighted by Gasteiger charge is -2.11. The smallest absolute Gasteiger partial charge is 0.243 e. The molecule has 0 heterocycles. The van der Waals surface area contributed by atoms with Gasteiger partial charge in [0.05, 0.1) is 6.54 Å². The van der Waals surface area contributed by atoms with E-state index in [9.17, 15) is 4.79 Å². The van der Waals surface area contributed by atoms with E-state index in [0.717, 1.165) is 17.2 Å². The normalized spacial score (nSPS) is 10.1. The van der Waals surface area contributed by atoms with Gasteiger partial charge in [-0.25, -0.2) is 0 Å². The molecule has 0 saturated carbocycles. The molecule has 0 aliphatic heterocycles. The zero-order valence-corrected chi connectivity index (χ0v) is 17.3. The van der Waals surface area contributed by atoms with Crippen molar-refractivity contribution in [3.8, 4) is 17.2 Å². The number of rotatable bonds is 12. The van der Waals surface area contributed by atoms with Crippen LogP contribution in [0.25, 0.3) is 0 Å². The SMILES string of the molecule is C=CCOc1ccc(NCC(=O)Nc2cccc(OCCOc3ccccc3)c2)cc1.